The molecule has 0 saturated carbocycles. The summed E-state index contributed by atoms with van der Waals surface area (Å²) in [5.74, 6) is -1.07. The van der Waals surface area contributed by atoms with Crippen molar-refractivity contribution in [3.8, 4) is 11.3 Å². The summed E-state index contributed by atoms with van der Waals surface area (Å²) in [5, 5.41) is 12.9. The van der Waals surface area contributed by atoms with Crippen LogP contribution in [0.5, 0.6) is 0 Å². The van der Waals surface area contributed by atoms with Crippen molar-refractivity contribution in [1.82, 2.24) is 9.78 Å². The Bertz CT molecular complexity index is 704. The smallest absolute Gasteiger partial charge is 0.325 e. The summed E-state index contributed by atoms with van der Waals surface area (Å²) < 4.78 is 0.989. The zero-order valence-corrected chi connectivity index (χ0v) is 9.46. The van der Waals surface area contributed by atoms with Crippen LogP contribution >= 0.6 is 0 Å². The maximum atomic E-state index is 11.7. The minimum Gasteiger partial charge on any atom is -0.480 e. The average Bonchev–Trinajstić information content (AvgIpc) is 2.66. The molecule has 1 aromatic carbocycles. The number of benzene rings is 1. The van der Waals surface area contributed by atoms with Crippen LogP contribution in [0.2, 0.25) is 0 Å². The van der Waals surface area contributed by atoms with Crippen LogP contribution in [0, 0.1) is 0 Å². The largest absolute Gasteiger partial charge is 0.480 e. The van der Waals surface area contributed by atoms with Gasteiger partial charge in [0.25, 0.3) is 5.56 Å². The summed E-state index contributed by atoms with van der Waals surface area (Å²) in [4.78, 5) is 22.4. The highest BCUT2D eigenvalue weighted by atomic mass is 16.4. The highest BCUT2D eigenvalue weighted by Crippen LogP contribution is 2.33. The molecule has 0 aliphatic heterocycles. The van der Waals surface area contributed by atoms with Crippen molar-refractivity contribution in [2.75, 3.05) is 0 Å². The van der Waals surface area contributed by atoms with Crippen LogP contribution in [0.15, 0.2) is 35.1 Å². The summed E-state index contributed by atoms with van der Waals surface area (Å²) in [5.41, 5.74) is 3.30. The molecule has 1 aliphatic rings. The molecule has 1 N–H and O–H groups in total. The van der Waals surface area contributed by atoms with E-state index in [1.165, 1.54) is 6.07 Å². The summed E-state index contributed by atoms with van der Waals surface area (Å²) >= 11 is 0. The van der Waals surface area contributed by atoms with Gasteiger partial charge in [-0.25, -0.2) is 4.68 Å². The highest BCUT2D eigenvalue weighted by molar-refractivity contribution is 5.73. The number of rotatable bonds is 2. The maximum absolute atomic E-state index is 11.7. The van der Waals surface area contributed by atoms with Crippen molar-refractivity contribution in [3.05, 3.63) is 51.8 Å². The molecule has 1 aliphatic carbocycles. The van der Waals surface area contributed by atoms with Crippen molar-refractivity contribution >= 4 is 5.97 Å². The number of hydrogen-bond acceptors (Lipinski definition) is 3. The number of fused-ring (bicyclic) bond motifs is 3. The van der Waals surface area contributed by atoms with E-state index < -0.39 is 12.5 Å². The van der Waals surface area contributed by atoms with E-state index in [2.05, 4.69) is 5.10 Å². The molecule has 1 heterocycles. The van der Waals surface area contributed by atoms with Crippen molar-refractivity contribution < 1.29 is 9.90 Å². The molecule has 0 radical (unpaired) electrons. The van der Waals surface area contributed by atoms with E-state index >= 15 is 0 Å². The summed E-state index contributed by atoms with van der Waals surface area (Å²) in [7, 11) is 0. The second-order valence-corrected chi connectivity index (χ2v) is 4.24. The van der Waals surface area contributed by atoms with Crippen molar-refractivity contribution in [1.29, 1.82) is 0 Å². The minimum absolute atomic E-state index is 0.371. The van der Waals surface area contributed by atoms with Crippen molar-refractivity contribution in [3.63, 3.8) is 0 Å². The Morgan fingerprint density at radius 3 is 2.89 bits per heavy atom. The van der Waals surface area contributed by atoms with Crippen molar-refractivity contribution in [2.45, 2.75) is 13.0 Å². The molecule has 3 rings (SSSR count). The third-order valence-electron chi connectivity index (χ3n) is 3.02. The Kier molecular flexibility index (Phi) is 2.26. The Labute approximate surface area is 102 Å². The molecule has 0 spiro atoms. The van der Waals surface area contributed by atoms with E-state index in [0.29, 0.717) is 12.1 Å². The van der Waals surface area contributed by atoms with Crippen LogP contribution in [-0.4, -0.2) is 20.9 Å². The van der Waals surface area contributed by atoms with E-state index in [9.17, 15) is 9.59 Å². The molecular formula is C13H10N2O3. The van der Waals surface area contributed by atoms with Gasteiger partial charge < -0.3 is 5.11 Å². The predicted molar refractivity (Wildman–Crippen MR) is 64.4 cm³/mol. The Morgan fingerprint density at radius 1 is 1.33 bits per heavy atom. The van der Waals surface area contributed by atoms with Gasteiger partial charge in [0, 0.05) is 18.1 Å². The molecule has 0 amide bonds. The molecule has 18 heavy (non-hydrogen) atoms. The topological polar surface area (TPSA) is 72.2 Å². The maximum Gasteiger partial charge on any atom is 0.325 e. The van der Waals surface area contributed by atoms with E-state index in [-0.39, 0.29) is 5.56 Å². The minimum atomic E-state index is -1.07. The van der Waals surface area contributed by atoms with Gasteiger partial charge in [0.15, 0.2) is 0 Å². The molecule has 5 heteroatoms. The molecule has 2 aromatic rings. The van der Waals surface area contributed by atoms with Crippen LogP contribution in [-0.2, 0) is 17.8 Å². The molecule has 0 fully saturated rings. The first-order chi connectivity index (χ1) is 8.65. The number of carbonyl (C=O) groups is 1. The summed E-state index contributed by atoms with van der Waals surface area (Å²) in [6.07, 6.45) is 0.682. The van der Waals surface area contributed by atoms with Gasteiger partial charge in [0.05, 0.1) is 5.69 Å². The van der Waals surface area contributed by atoms with E-state index in [4.69, 9.17) is 5.11 Å². The molecule has 0 unspecified atom stereocenters. The number of aromatic nitrogens is 2. The van der Waals surface area contributed by atoms with Crippen LogP contribution in [0.4, 0.5) is 0 Å². The molecule has 1 aromatic heterocycles. The predicted octanol–water partition coefficient (Wildman–Crippen LogP) is 0.899. The van der Waals surface area contributed by atoms with Crippen molar-refractivity contribution in [2.24, 2.45) is 0 Å². The van der Waals surface area contributed by atoms with Gasteiger partial charge in [-0.2, -0.15) is 5.10 Å². The quantitative estimate of drug-likeness (QED) is 0.724. The van der Waals surface area contributed by atoms with E-state index in [1.807, 2.05) is 24.3 Å². The fraction of sp³-hybridized carbons (Fsp3) is 0.154. The van der Waals surface area contributed by atoms with Gasteiger partial charge >= 0.3 is 5.97 Å². The summed E-state index contributed by atoms with van der Waals surface area (Å²) in [6, 6.07) is 9.24. The van der Waals surface area contributed by atoms with Crippen LogP contribution in [0.25, 0.3) is 11.3 Å². The second kappa shape index (κ2) is 3.80. The molecular weight excluding hydrogens is 232 g/mol. The lowest BCUT2D eigenvalue weighted by Crippen LogP contribution is -2.26. The SMILES string of the molecule is O=C(O)Cn1nc2c(cc1=O)Cc1ccccc1-2. The molecule has 0 bridgehead atoms. The Balaban J connectivity index is 2.17. The van der Waals surface area contributed by atoms with Crippen LogP contribution < -0.4 is 5.56 Å². The highest BCUT2D eigenvalue weighted by Gasteiger charge is 2.21. The normalized spacial score (nSPS) is 12.0. The Hall–Kier alpha value is -2.43. The van der Waals surface area contributed by atoms with Gasteiger partial charge in [0.2, 0.25) is 0 Å². The number of aliphatic carboxylic acids is 1. The molecule has 0 atom stereocenters. The number of carboxylic acids is 1. The third kappa shape index (κ3) is 1.60. The lowest BCUT2D eigenvalue weighted by atomic mass is 10.1. The average molecular weight is 242 g/mol. The first kappa shape index (κ1) is 10.7. The fourth-order valence-electron chi connectivity index (χ4n) is 2.24. The van der Waals surface area contributed by atoms with Gasteiger partial charge in [0.1, 0.15) is 6.54 Å². The first-order valence-corrected chi connectivity index (χ1v) is 5.56. The van der Waals surface area contributed by atoms with E-state index in [0.717, 1.165) is 21.4 Å². The number of hydrogen-bond donors (Lipinski definition) is 1. The van der Waals surface area contributed by atoms with E-state index in [1.54, 1.807) is 0 Å². The lowest BCUT2D eigenvalue weighted by molar-refractivity contribution is -0.138. The van der Waals surface area contributed by atoms with Gasteiger partial charge in [-0.05, 0) is 11.1 Å². The first-order valence-electron chi connectivity index (χ1n) is 5.56. The van der Waals surface area contributed by atoms with Gasteiger partial charge in [-0.3, -0.25) is 9.59 Å². The van der Waals surface area contributed by atoms with Crippen LogP contribution in [0.3, 0.4) is 0 Å². The lowest BCUT2D eigenvalue weighted by Gasteiger charge is -2.04. The Morgan fingerprint density at radius 2 is 2.11 bits per heavy atom. The fourth-order valence-corrected chi connectivity index (χ4v) is 2.24. The molecule has 0 saturated heterocycles. The van der Waals surface area contributed by atoms with Gasteiger partial charge in [-0.1, -0.05) is 24.3 Å². The second-order valence-electron chi connectivity index (χ2n) is 4.24. The summed E-state index contributed by atoms with van der Waals surface area (Å²) in [6.45, 7) is -0.408. The monoisotopic (exact) mass is 242 g/mol. The number of carboxylic acid groups (broad SMARTS) is 1. The van der Waals surface area contributed by atoms with Crippen LogP contribution in [0.1, 0.15) is 11.1 Å². The number of nitrogens with zero attached hydrogens (tertiary/aromatic N) is 2. The zero-order valence-electron chi connectivity index (χ0n) is 9.46. The third-order valence-corrected chi connectivity index (χ3v) is 3.02. The van der Waals surface area contributed by atoms with Gasteiger partial charge in [-0.15, -0.1) is 0 Å². The zero-order chi connectivity index (χ0) is 12.7. The molecule has 5 nitrogen and oxygen atoms in total. The molecule has 90 valence electrons. The standard InChI is InChI=1S/C13H10N2O3/c16-11-6-9-5-8-3-1-2-4-10(8)13(9)14-15(11)7-12(17)18/h1-4,6H,5,7H2,(H,17,18).